The van der Waals surface area contributed by atoms with Crippen molar-refractivity contribution in [1.82, 2.24) is 10.2 Å². The highest BCUT2D eigenvalue weighted by Crippen LogP contribution is 2.27. The summed E-state index contributed by atoms with van der Waals surface area (Å²) < 4.78 is 0. The van der Waals surface area contributed by atoms with Crippen molar-refractivity contribution in [2.45, 2.75) is 83.8 Å². The molecule has 1 saturated carbocycles. The van der Waals surface area contributed by atoms with E-state index in [4.69, 9.17) is 0 Å². The summed E-state index contributed by atoms with van der Waals surface area (Å²) in [6.07, 6.45) is 9.99. The summed E-state index contributed by atoms with van der Waals surface area (Å²) in [5.41, 5.74) is 0. The zero-order valence-electron chi connectivity index (χ0n) is 12.6. The van der Waals surface area contributed by atoms with Crippen molar-refractivity contribution in [2.75, 3.05) is 13.1 Å². The highest BCUT2D eigenvalue weighted by atomic mass is 15.2. The summed E-state index contributed by atoms with van der Waals surface area (Å²) in [4.78, 5) is 2.61. The van der Waals surface area contributed by atoms with Crippen LogP contribution in [0.2, 0.25) is 0 Å². The van der Waals surface area contributed by atoms with Gasteiger partial charge in [0, 0.05) is 18.1 Å². The number of nitrogens with one attached hydrogen (secondary N) is 1. The molecule has 1 aliphatic carbocycles. The van der Waals surface area contributed by atoms with E-state index in [1.165, 1.54) is 58.0 Å². The molecule has 2 fully saturated rings. The second-order valence-electron chi connectivity index (χ2n) is 6.76. The van der Waals surface area contributed by atoms with Gasteiger partial charge in [0.1, 0.15) is 0 Å². The zero-order chi connectivity index (χ0) is 13.0. The molecule has 1 saturated heterocycles. The third kappa shape index (κ3) is 3.96. The molecule has 1 heterocycles. The molecule has 0 aromatic carbocycles. The average molecular weight is 252 g/mol. The molecule has 0 aromatic heterocycles. The Morgan fingerprint density at radius 2 is 1.50 bits per heavy atom. The molecule has 0 unspecified atom stereocenters. The Labute approximate surface area is 114 Å². The van der Waals surface area contributed by atoms with Crippen LogP contribution in [-0.2, 0) is 0 Å². The van der Waals surface area contributed by atoms with Gasteiger partial charge in [0.25, 0.3) is 0 Å². The highest BCUT2D eigenvalue weighted by Gasteiger charge is 2.25. The Morgan fingerprint density at radius 1 is 0.889 bits per heavy atom. The lowest BCUT2D eigenvalue weighted by Crippen LogP contribution is -2.49. The lowest BCUT2D eigenvalue weighted by molar-refractivity contribution is 0.148. The van der Waals surface area contributed by atoms with E-state index < -0.39 is 0 Å². The number of likely N-dealkylation sites (tertiary alicyclic amines) is 1. The van der Waals surface area contributed by atoms with Crippen LogP contribution in [-0.4, -0.2) is 36.1 Å². The summed E-state index contributed by atoms with van der Waals surface area (Å²) in [6, 6.07) is 2.24. The number of piperidine rings is 1. The van der Waals surface area contributed by atoms with Crippen LogP contribution in [0.15, 0.2) is 0 Å². The van der Waals surface area contributed by atoms with Crippen molar-refractivity contribution in [3.63, 3.8) is 0 Å². The number of hydrogen-bond donors (Lipinski definition) is 1. The Morgan fingerprint density at radius 3 is 2.06 bits per heavy atom. The molecule has 0 spiro atoms. The predicted molar refractivity (Wildman–Crippen MR) is 78.9 cm³/mol. The van der Waals surface area contributed by atoms with E-state index in [-0.39, 0.29) is 0 Å². The van der Waals surface area contributed by atoms with Crippen LogP contribution in [0.3, 0.4) is 0 Å². The summed E-state index contributed by atoms with van der Waals surface area (Å²) in [5, 5.41) is 3.92. The Kier molecular flexibility index (Phi) is 5.50. The lowest BCUT2D eigenvalue weighted by Gasteiger charge is -2.38. The molecule has 1 N–H and O–H groups in total. The summed E-state index contributed by atoms with van der Waals surface area (Å²) in [6.45, 7) is 9.63. The largest absolute Gasteiger partial charge is 0.311 e. The summed E-state index contributed by atoms with van der Waals surface area (Å²) >= 11 is 0. The van der Waals surface area contributed by atoms with E-state index in [9.17, 15) is 0 Å². The van der Waals surface area contributed by atoms with Gasteiger partial charge in [0.15, 0.2) is 0 Å². The van der Waals surface area contributed by atoms with E-state index in [0.717, 1.165) is 24.0 Å². The Bertz CT molecular complexity index is 225. The van der Waals surface area contributed by atoms with Crippen LogP contribution >= 0.6 is 0 Å². The highest BCUT2D eigenvalue weighted by molar-refractivity contribution is 4.83. The molecule has 18 heavy (non-hydrogen) atoms. The third-order valence-corrected chi connectivity index (χ3v) is 5.12. The van der Waals surface area contributed by atoms with Gasteiger partial charge in [-0.05, 0) is 65.5 Å². The van der Waals surface area contributed by atoms with Gasteiger partial charge in [-0.1, -0.05) is 19.3 Å². The van der Waals surface area contributed by atoms with Crippen LogP contribution in [0.25, 0.3) is 0 Å². The fourth-order valence-electron chi connectivity index (χ4n) is 3.72. The van der Waals surface area contributed by atoms with E-state index in [0.29, 0.717) is 0 Å². The molecule has 0 bridgehead atoms. The SMILES string of the molecule is CC(C)N1CCC(N[C@H](C)C2CCCCC2)CC1. The van der Waals surface area contributed by atoms with Crippen molar-refractivity contribution in [3.8, 4) is 0 Å². The van der Waals surface area contributed by atoms with Gasteiger partial charge in [-0.3, -0.25) is 0 Å². The van der Waals surface area contributed by atoms with Gasteiger partial charge in [0.05, 0.1) is 0 Å². The zero-order valence-corrected chi connectivity index (χ0v) is 12.6. The Balaban J connectivity index is 1.70. The van der Waals surface area contributed by atoms with E-state index >= 15 is 0 Å². The van der Waals surface area contributed by atoms with Crippen LogP contribution < -0.4 is 5.32 Å². The minimum atomic E-state index is 0.724. The van der Waals surface area contributed by atoms with Gasteiger partial charge < -0.3 is 10.2 Å². The average Bonchev–Trinajstić information content (AvgIpc) is 2.40. The topological polar surface area (TPSA) is 15.3 Å². The van der Waals surface area contributed by atoms with Crippen molar-refractivity contribution >= 4 is 0 Å². The van der Waals surface area contributed by atoms with Crippen LogP contribution in [0.5, 0.6) is 0 Å². The van der Waals surface area contributed by atoms with E-state index in [1.54, 1.807) is 0 Å². The number of hydrogen-bond acceptors (Lipinski definition) is 2. The maximum atomic E-state index is 3.92. The van der Waals surface area contributed by atoms with Crippen molar-refractivity contribution in [3.05, 3.63) is 0 Å². The predicted octanol–water partition coefficient (Wildman–Crippen LogP) is 3.42. The van der Waals surface area contributed by atoms with E-state index in [2.05, 4.69) is 31.0 Å². The van der Waals surface area contributed by atoms with Gasteiger partial charge >= 0.3 is 0 Å². The summed E-state index contributed by atoms with van der Waals surface area (Å²) in [5.74, 6) is 0.946. The van der Waals surface area contributed by atoms with Crippen LogP contribution in [0, 0.1) is 5.92 Å². The van der Waals surface area contributed by atoms with Crippen molar-refractivity contribution in [1.29, 1.82) is 0 Å². The van der Waals surface area contributed by atoms with Gasteiger partial charge in [-0.2, -0.15) is 0 Å². The number of nitrogens with zero attached hydrogens (tertiary/aromatic N) is 1. The fourth-order valence-corrected chi connectivity index (χ4v) is 3.72. The number of rotatable bonds is 4. The fraction of sp³-hybridized carbons (Fsp3) is 1.00. The molecular formula is C16H32N2. The minimum Gasteiger partial charge on any atom is -0.311 e. The van der Waals surface area contributed by atoms with Gasteiger partial charge in [-0.25, -0.2) is 0 Å². The third-order valence-electron chi connectivity index (χ3n) is 5.12. The monoisotopic (exact) mass is 252 g/mol. The maximum absolute atomic E-state index is 3.92. The molecular weight excluding hydrogens is 220 g/mol. The summed E-state index contributed by atoms with van der Waals surface area (Å²) in [7, 11) is 0. The molecule has 1 atom stereocenters. The van der Waals surface area contributed by atoms with E-state index in [1.807, 2.05) is 0 Å². The first kappa shape index (κ1) is 14.3. The second-order valence-corrected chi connectivity index (χ2v) is 6.76. The lowest BCUT2D eigenvalue weighted by atomic mass is 9.84. The minimum absolute atomic E-state index is 0.724. The smallest absolute Gasteiger partial charge is 0.00940 e. The molecule has 0 radical (unpaired) electrons. The molecule has 2 nitrogen and oxygen atoms in total. The van der Waals surface area contributed by atoms with Gasteiger partial charge in [-0.15, -0.1) is 0 Å². The first-order valence-corrected chi connectivity index (χ1v) is 8.17. The van der Waals surface area contributed by atoms with Crippen molar-refractivity contribution in [2.24, 2.45) is 5.92 Å². The molecule has 106 valence electrons. The van der Waals surface area contributed by atoms with Crippen molar-refractivity contribution < 1.29 is 0 Å². The molecule has 2 rings (SSSR count). The quantitative estimate of drug-likeness (QED) is 0.825. The molecule has 1 aliphatic heterocycles. The first-order valence-electron chi connectivity index (χ1n) is 8.17. The van der Waals surface area contributed by atoms with Gasteiger partial charge in [0.2, 0.25) is 0 Å². The van der Waals surface area contributed by atoms with Crippen LogP contribution in [0.4, 0.5) is 0 Å². The van der Waals surface area contributed by atoms with Crippen LogP contribution in [0.1, 0.15) is 65.7 Å². The first-order chi connectivity index (χ1) is 8.66. The standard InChI is InChI=1S/C16H32N2/c1-13(2)18-11-9-16(10-12-18)17-14(3)15-7-5-4-6-8-15/h13-17H,4-12H2,1-3H3/t14-/m1/s1. The molecule has 0 amide bonds. The molecule has 2 heteroatoms. The Hall–Kier alpha value is -0.0800. The molecule has 0 aromatic rings. The molecule has 2 aliphatic rings. The maximum Gasteiger partial charge on any atom is 0.00940 e. The normalized spacial score (nSPS) is 26.7. The second kappa shape index (κ2) is 6.91.